The topological polar surface area (TPSA) is 76.2 Å². The first-order chi connectivity index (χ1) is 17.4. The first kappa shape index (κ1) is 23.7. The SMILES string of the molecule is CNC(=O)N(C)N1CC(=O)N2[C@@H](Cc3ccc(F)cc3)C(=O)N(Cc3cccc4ccccc34)C[C@@H]21. The number of urea groups is 1. The lowest BCUT2D eigenvalue weighted by atomic mass is 9.99. The van der Waals surface area contributed by atoms with Crippen molar-refractivity contribution < 1.29 is 18.8 Å². The monoisotopic (exact) mass is 489 g/mol. The summed E-state index contributed by atoms with van der Waals surface area (Å²) in [6, 6.07) is 18.9. The van der Waals surface area contributed by atoms with E-state index in [1.54, 1.807) is 34.0 Å². The summed E-state index contributed by atoms with van der Waals surface area (Å²) in [6.07, 6.45) is -0.247. The fraction of sp³-hybridized carbons (Fsp3) is 0.296. The highest BCUT2D eigenvalue weighted by molar-refractivity contribution is 5.92. The van der Waals surface area contributed by atoms with Crippen LogP contribution in [0.25, 0.3) is 10.8 Å². The average Bonchev–Trinajstić information content (AvgIpc) is 3.22. The van der Waals surface area contributed by atoms with Gasteiger partial charge >= 0.3 is 6.03 Å². The highest BCUT2D eigenvalue weighted by atomic mass is 19.1. The predicted molar refractivity (Wildman–Crippen MR) is 133 cm³/mol. The van der Waals surface area contributed by atoms with Crippen LogP contribution in [0.2, 0.25) is 0 Å². The number of hydrogen-bond donors (Lipinski definition) is 1. The molecule has 2 fully saturated rings. The van der Waals surface area contributed by atoms with E-state index in [4.69, 9.17) is 0 Å². The van der Waals surface area contributed by atoms with Crippen LogP contribution in [0.15, 0.2) is 66.7 Å². The van der Waals surface area contributed by atoms with Gasteiger partial charge in [0, 0.05) is 27.1 Å². The number of rotatable bonds is 5. The molecule has 2 aliphatic rings. The summed E-state index contributed by atoms with van der Waals surface area (Å²) in [4.78, 5) is 42.8. The van der Waals surface area contributed by atoms with Gasteiger partial charge in [-0.1, -0.05) is 54.6 Å². The minimum atomic E-state index is -0.764. The molecule has 2 aliphatic heterocycles. The summed E-state index contributed by atoms with van der Waals surface area (Å²) in [5.74, 6) is -0.748. The van der Waals surface area contributed by atoms with E-state index in [2.05, 4.69) is 5.32 Å². The van der Waals surface area contributed by atoms with Crippen LogP contribution in [0.3, 0.4) is 0 Å². The second-order valence-electron chi connectivity index (χ2n) is 9.16. The molecule has 9 heteroatoms. The number of piperazine rings is 1. The molecule has 0 spiro atoms. The Labute approximate surface area is 208 Å². The lowest BCUT2D eigenvalue weighted by Crippen LogP contribution is -2.65. The average molecular weight is 490 g/mol. The molecule has 8 nitrogen and oxygen atoms in total. The Balaban J connectivity index is 1.51. The van der Waals surface area contributed by atoms with Gasteiger partial charge in [0.2, 0.25) is 11.8 Å². The van der Waals surface area contributed by atoms with Crippen LogP contribution in [-0.4, -0.2) is 77.1 Å². The molecule has 186 valence electrons. The number of hydrazine groups is 1. The van der Waals surface area contributed by atoms with Crippen molar-refractivity contribution in [1.29, 1.82) is 0 Å². The number of carbonyl (C=O) groups excluding carboxylic acids is 3. The van der Waals surface area contributed by atoms with Crippen LogP contribution in [0.4, 0.5) is 9.18 Å². The number of carbonyl (C=O) groups is 3. The van der Waals surface area contributed by atoms with Crippen molar-refractivity contribution in [3.05, 3.63) is 83.7 Å². The third kappa shape index (κ3) is 4.26. The number of nitrogens with one attached hydrogen (secondary N) is 1. The second-order valence-corrected chi connectivity index (χ2v) is 9.16. The Morgan fingerprint density at radius 3 is 2.53 bits per heavy atom. The molecule has 3 aromatic carbocycles. The summed E-state index contributed by atoms with van der Waals surface area (Å²) in [5, 5.41) is 7.82. The number of amides is 4. The van der Waals surface area contributed by atoms with Gasteiger partial charge in [0.25, 0.3) is 0 Å². The molecule has 0 aliphatic carbocycles. The van der Waals surface area contributed by atoms with Crippen molar-refractivity contribution in [2.45, 2.75) is 25.2 Å². The van der Waals surface area contributed by atoms with Gasteiger partial charge in [0.1, 0.15) is 18.0 Å². The molecule has 1 N–H and O–H groups in total. The highest BCUT2D eigenvalue weighted by Crippen LogP contribution is 2.30. The van der Waals surface area contributed by atoms with Gasteiger partial charge in [-0.3, -0.25) is 14.6 Å². The predicted octanol–water partition coefficient (Wildman–Crippen LogP) is 2.59. The lowest BCUT2D eigenvalue weighted by molar-refractivity contribution is -0.157. The Kier molecular flexibility index (Phi) is 6.32. The number of hydrogen-bond acceptors (Lipinski definition) is 4. The number of nitrogens with zero attached hydrogens (tertiary/aromatic N) is 4. The zero-order chi connectivity index (χ0) is 25.4. The van der Waals surface area contributed by atoms with E-state index in [0.29, 0.717) is 6.54 Å². The van der Waals surface area contributed by atoms with Crippen LogP contribution >= 0.6 is 0 Å². The third-order valence-electron chi connectivity index (χ3n) is 7.04. The maximum Gasteiger partial charge on any atom is 0.331 e. The van der Waals surface area contributed by atoms with Gasteiger partial charge in [-0.2, -0.15) is 5.01 Å². The smallest absolute Gasteiger partial charge is 0.331 e. The zero-order valence-electron chi connectivity index (χ0n) is 20.2. The minimum Gasteiger partial charge on any atom is -0.340 e. The summed E-state index contributed by atoms with van der Waals surface area (Å²) in [6.45, 7) is 0.620. The summed E-state index contributed by atoms with van der Waals surface area (Å²) in [7, 11) is 3.14. The second kappa shape index (κ2) is 9.58. The molecule has 0 aromatic heterocycles. The van der Waals surface area contributed by atoms with Crippen molar-refractivity contribution >= 4 is 28.6 Å². The van der Waals surface area contributed by atoms with Gasteiger partial charge in [-0.15, -0.1) is 0 Å². The molecular weight excluding hydrogens is 461 g/mol. The van der Waals surface area contributed by atoms with Crippen molar-refractivity contribution in [2.75, 3.05) is 27.2 Å². The summed E-state index contributed by atoms with van der Waals surface area (Å²) < 4.78 is 13.5. The Bertz CT molecular complexity index is 1310. The summed E-state index contributed by atoms with van der Waals surface area (Å²) >= 11 is 0. The molecule has 0 saturated carbocycles. The normalized spacial score (nSPS) is 20.1. The third-order valence-corrected chi connectivity index (χ3v) is 7.04. The van der Waals surface area contributed by atoms with Gasteiger partial charge in [-0.25, -0.2) is 9.18 Å². The highest BCUT2D eigenvalue weighted by Gasteiger charge is 2.51. The van der Waals surface area contributed by atoms with Crippen molar-refractivity contribution in [1.82, 2.24) is 25.1 Å². The molecule has 36 heavy (non-hydrogen) atoms. The van der Waals surface area contributed by atoms with Crippen molar-refractivity contribution in [3.63, 3.8) is 0 Å². The van der Waals surface area contributed by atoms with Gasteiger partial charge in [0.15, 0.2) is 0 Å². The van der Waals surface area contributed by atoms with E-state index in [0.717, 1.165) is 21.9 Å². The Morgan fingerprint density at radius 2 is 1.78 bits per heavy atom. The molecular formula is C27H28FN5O3. The van der Waals surface area contributed by atoms with Crippen LogP contribution in [-0.2, 0) is 22.6 Å². The molecule has 3 aromatic rings. The Hall–Kier alpha value is -3.98. The van der Waals surface area contributed by atoms with Crippen molar-refractivity contribution in [3.8, 4) is 0 Å². The fourth-order valence-electron chi connectivity index (χ4n) is 5.21. The molecule has 5 rings (SSSR count). The maximum atomic E-state index is 13.8. The minimum absolute atomic E-state index is 0.0100. The first-order valence-electron chi connectivity index (χ1n) is 11.9. The molecule has 0 bridgehead atoms. The van der Waals surface area contributed by atoms with Crippen molar-refractivity contribution in [2.24, 2.45) is 0 Å². The molecule has 0 unspecified atom stereocenters. The van der Waals surface area contributed by atoms with Crippen LogP contribution in [0, 0.1) is 5.82 Å². The van der Waals surface area contributed by atoms with Gasteiger partial charge in [0.05, 0.1) is 13.1 Å². The molecule has 2 heterocycles. The summed E-state index contributed by atoms with van der Waals surface area (Å²) in [5.41, 5.74) is 1.76. The molecule has 2 saturated heterocycles. The van der Waals surface area contributed by atoms with E-state index in [1.165, 1.54) is 24.2 Å². The van der Waals surface area contributed by atoms with E-state index in [-0.39, 0.29) is 43.2 Å². The van der Waals surface area contributed by atoms with E-state index >= 15 is 0 Å². The van der Waals surface area contributed by atoms with E-state index in [1.807, 2.05) is 42.5 Å². The molecule has 0 radical (unpaired) electrons. The lowest BCUT2D eigenvalue weighted by Gasteiger charge is -2.45. The van der Waals surface area contributed by atoms with Crippen LogP contribution in [0.1, 0.15) is 11.1 Å². The number of fused-ring (bicyclic) bond motifs is 2. The Morgan fingerprint density at radius 1 is 1.06 bits per heavy atom. The first-order valence-corrected chi connectivity index (χ1v) is 11.9. The quantitative estimate of drug-likeness (QED) is 0.598. The molecule has 4 amide bonds. The van der Waals surface area contributed by atoms with Gasteiger partial charge in [-0.05, 0) is 34.0 Å². The van der Waals surface area contributed by atoms with Gasteiger partial charge < -0.3 is 15.1 Å². The number of halogens is 1. The van der Waals surface area contributed by atoms with Crippen LogP contribution in [0.5, 0.6) is 0 Å². The zero-order valence-corrected chi connectivity index (χ0v) is 20.2. The van der Waals surface area contributed by atoms with Crippen LogP contribution < -0.4 is 5.32 Å². The van der Waals surface area contributed by atoms with E-state index < -0.39 is 12.2 Å². The molecule has 2 atom stereocenters. The number of benzene rings is 3. The standard InChI is InChI=1S/C27H28FN5O3/c1-29-27(36)30(2)32-17-25(34)33-23(14-18-10-12-21(28)13-11-18)26(35)31(16-24(32)33)15-20-8-5-7-19-6-3-4-9-22(19)20/h3-13,23-24H,14-17H2,1-2H3,(H,29,36)/t23-,24+/m0/s1. The maximum absolute atomic E-state index is 13.8. The van der Waals surface area contributed by atoms with E-state index in [9.17, 15) is 18.8 Å². The fourth-order valence-corrected chi connectivity index (χ4v) is 5.21. The largest absolute Gasteiger partial charge is 0.340 e.